The predicted octanol–water partition coefficient (Wildman–Crippen LogP) is 2.77. The molecule has 0 heterocycles. The fourth-order valence-corrected chi connectivity index (χ4v) is 2.34. The van der Waals surface area contributed by atoms with Crippen LogP contribution in [-0.2, 0) is 0 Å². The van der Waals surface area contributed by atoms with E-state index in [1.54, 1.807) is 20.4 Å². The summed E-state index contributed by atoms with van der Waals surface area (Å²) in [6, 6.07) is 3.86. The highest BCUT2D eigenvalue weighted by molar-refractivity contribution is 9.11. The summed E-state index contributed by atoms with van der Waals surface area (Å²) in [6.07, 6.45) is 1.72. The molecule has 0 saturated carbocycles. The molecule has 5 heteroatoms. The van der Waals surface area contributed by atoms with Crippen molar-refractivity contribution in [2.75, 3.05) is 14.2 Å². The van der Waals surface area contributed by atoms with Crippen LogP contribution < -0.4 is 10.2 Å². The third-order valence-electron chi connectivity index (χ3n) is 1.62. The number of benzene rings is 1. The summed E-state index contributed by atoms with van der Waals surface area (Å²) < 4.78 is 7.01. The third kappa shape index (κ3) is 2.48. The van der Waals surface area contributed by atoms with E-state index in [0.29, 0.717) is 0 Å². The molecule has 1 aromatic carbocycles. The second-order valence-electron chi connectivity index (χ2n) is 2.47. The van der Waals surface area contributed by atoms with Gasteiger partial charge in [-0.2, -0.15) is 5.10 Å². The molecule has 0 aliphatic rings. The van der Waals surface area contributed by atoms with Crippen molar-refractivity contribution in [3.05, 3.63) is 26.6 Å². The zero-order chi connectivity index (χ0) is 10.6. The highest BCUT2D eigenvalue weighted by Crippen LogP contribution is 2.34. The topological polar surface area (TPSA) is 33.6 Å². The zero-order valence-corrected chi connectivity index (χ0v) is 11.0. The maximum atomic E-state index is 5.22. The van der Waals surface area contributed by atoms with E-state index in [0.717, 1.165) is 20.3 Å². The molecule has 0 aliphatic heterocycles. The monoisotopic (exact) mass is 320 g/mol. The van der Waals surface area contributed by atoms with Gasteiger partial charge in [0.05, 0.1) is 22.3 Å². The molecule has 1 aromatic rings. The summed E-state index contributed by atoms with van der Waals surface area (Å²) >= 11 is 6.84. The van der Waals surface area contributed by atoms with Crippen LogP contribution >= 0.6 is 31.9 Å². The van der Waals surface area contributed by atoms with Gasteiger partial charge in [0.25, 0.3) is 0 Å². The highest BCUT2D eigenvalue weighted by Gasteiger charge is 2.08. The van der Waals surface area contributed by atoms with E-state index >= 15 is 0 Å². The molecule has 0 aliphatic carbocycles. The van der Waals surface area contributed by atoms with Crippen molar-refractivity contribution in [1.82, 2.24) is 5.43 Å². The minimum atomic E-state index is 0.769. The fraction of sp³-hybridized carbons (Fsp3) is 0.222. The quantitative estimate of drug-likeness (QED) is 0.686. The molecule has 0 atom stereocenters. The molecule has 0 spiro atoms. The third-order valence-corrected chi connectivity index (χ3v) is 3.06. The van der Waals surface area contributed by atoms with E-state index in [1.807, 2.05) is 12.1 Å². The lowest BCUT2D eigenvalue weighted by atomic mass is 10.2. The van der Waals surface area contributed by atoms with Gasteiger partial charge in [0.1, 0.15) is 5.75 Å². The van der Waals surface area contributed by atoms with E-state index in [-0.39, 0.29) is 0 Å². The second-order valence-corrected chi connectivity index (χ2v) is 4.11. The lowest BCUT2D eigenvalue weighted by Gasteiger charge is -2.07. The number of hydrogen-bond acceptors (Lipinski definition) is 3. The maximum Gasteiger partial charge on any atom is 0.147 e. The largest absolute Gasteiger partial charge is 0.494 e. The maximum absolute atomic E-state index is 5.22. The number of nitrogens with one attached hydrogen (secondary N) is 1. The predicted molar refractivity (Wildman–Crippen MR) is 65.0 cm³/mol. The van der Waals surface area contributed by atoms with Crippen molar-refractivity contribution in [2.24, 2.45) is 5.10 Å². The Morgan fingerprint density at radius 3 is 2.71 bits per heavy atom. The number of halogens is 2. The minimum Gasteiger partial charge on any atom is -0.494 e. The number of nitrogens with zero attached hydrogens (tertiary/aromatic N) is 1. The van der Waals surface area contributed by atoms with Gasteiger partial charge in [-0.1, -0.05) is 6.07 Å². The molecule has 14 heavy (non-hydrogen) atoms. The number of hydrogen-bond donors (Lipinski definition) is 1. The first-order valence-corrected chi connectivity index (χ1v) is 5.51. The van der Waals surface area contributed by atoms with Gasteiger partial charge in [-0.3, -0.25) is 0 Å². The Morgan fingerprint density at radius 2 is 2.14 bits per heavy atom. The van der Waals surface area contributed by atoms with E-state index < -0.39 is 0 Å². The van der Waals surface area contributed by atoms with Crippen molar-refractivity contribution in [3.63, 3.8) is 0 Å². The van der Waals surface area contributed by atoms with Gasteiger partial charge in [0.2, 0.25) is 0 Å². The molecule has 0 fully saturated rings. The number of rotatable bonds is 3. The van der Waals surface area contributed by atoms with Crippen molar-refractivity contribution in [2.45, 2.75) is 0 Å². The molecule has 0 bridgehead atoms. The first-order chi connectivity index (χ1) is 6.70. The van der Waals surface area contributed by atoms with Crippen LogP contribution in [0.15, 0.2) is 26.2 Å². The van der Waals surface area contributed by atoms with Crippen molar-refractivity contribution < 1.29 is 4.74 Å². The molecule has 1 rings (SSSR count). The molecular weight excluding hydrogens is 312 g/mol. The number of hydrazone groups is 1. The van der Waals surface area contributed by atoms with Gasteiger partial charge in [0.15, 0.2) is 0 Å². The van der Waals surface area contributed by atoms with Crippen LogP contribution in [0.3, 0.4) is 0 Å². The Hall–Kier alpha value is -0.550. The van der Waals surface area contributed by atoms with Crippen LogP contribution in [0.5, 0.6) is 5.75 Å². The Kier molecular flexibility index (Phi) is 4.41. The van der Waals surface area contributed by atoms with Gasteiger partial charge < -0.3 is 10.2 Å². The molecule has 0 radical (unpaired) electrons. The SMILES string of the molecule is CN/N=C/c1ccc(Br)c(OC)c1Br. The summed E-state index contributed by atoms with van der Waals surface area (Å²) in [4.78, 5) is 0. The van der Waals surface area contributed by atoms with Crippen molar-refractivity contribution >= 4 is 38.1 Å². The summed E-state index contributed by atoms with van der Waals surface area (Å²) in [6.45, 7) is 0. The average molecular weight is 322 g/mol. The standard InChI is InChI=1S/C9H10Br2N2O/c1-12-13-5-6-3-4-7(10)9(14-2)8(6)11/h3-5,12H,1-2H3/b13-5+. The number of ether oxygens (including phenoxy) is 1. The first-order valence-electron chi connectivity index (χ1n) is 3.92. The fourth-order valence-electron chi connectivity index (χ4n) is 0.969. The lowest BCUT2D eigenvalue weighted by Crippen LogP contribution is -1.96. The van der Waals surface area contributed by atoms with Gasteiger partial charge in [0, 0.05) is 12.6 Å². The Morgan fingerprint density at radius 1 is 1.43 bits per heavy atom. The number of methoxy groups -OCH3 is 1. The van der Waals surface area contributed by atoms with Crippen LogP contribution in [0.4, 0.5) is 0 Å². The highest BCUT2D eigenvalue weighted by atomic mass is 79.9. The second kappa shape index (κ2) is 5.36. The molecule has 1 N–H and O–H groups in total. The van der Waals surface area contributed by atoms with Crippen molar-refractivity contribution in [1.29, 1.82) is 0 Å². The van der Waals surface area contributed by atoms with Gasteiger partial charge in [-0.15, -0.1) is 0 Å². The summed E-state index contributed by atoms with van der Waals surface area (Å²) in [5, 5.41) is 3.93. The summed E-state index contributed by atoms with van der Waals surface area (Å²) in [5.74, 6) is 0.769. The van der Waals surface area contributed by atoms with E-state index in [4.69, 9.17) is 4.74 Å². The molecule has 0 unspecified atom stereocenters. The molecule has 0 amide bonds. The van der Waals surface area contributed by atoms with Crippen LogP contribution in [0.1, 0.15) is 5.56 Å². The van der Waals surface area contributed by atoms with E-state index in [2.05, 4.69) is 42.4 Å². The molecule has 0 saturated heterocycles. The Bertz CT molecular complexity index is 353. The molecule has 0 aromatic heterocycles. The summed E-state index contributed by atoms with van der Waals surface area (Å²) in [7, 11) is 3.38. The summed E-state index contributed by atoms with van der Waals surface area (Å²) in [5.41, 5.74) is 3.65. The van der Waals surface area contributed by atoms with Crippen LogP contribution in [0.2, 0.25) is 0 Å². The van der Waals surface area contributed by atoms with Gasteiger partial charge in [-0.25, -0.2) is 0 Å². The Balaban J connectivity index is 3.14. The van der Waals surface area contributed by atoms with E-state index in [1.165, 1.54) is 0 Å². The minimum absolute atomic E-state index is 0.769. The Labute approximate surface area is 99.8 Å². The van der Waals surface area contributed by atoms with Crippen molar-refractivity contribution in [3.8, 4) is 5.75 Å². The average Bonchev–Trinajstić information content (AvgIpc) is 2.18. The van der Waals surface area contributed by atoms with Gasteiger partial charge >= 0.3 is 0 Å². The van der Waals surface area contributed by atoms with Crippen LogP contribution in [0.25, 0.3) is 0 Å². The lowest BCUT2D eigenvalue weighted by molar-refractivity contribution is 0.409. The smallest absolute Gasteiger partial charge is 0.147 e. The molecule has 3 nitrogen and oxygen atoms in total. The molecular formula is C9H10Br2N2O. The van der Waals surface area contributed by atoms with Gasteiger partial charge in [-0.05, 0) is 37.9 Å². The first kappa shape index (κ1) is 11.5. The van der Waals surface area contributed by atoms with E-state index in [9.17, 15) is 0 Å². The van der Waals surface area contributed by atoms with Crippen LogP contribution in [-0.4, -0.2) is 20.4 Å². The zero-order valence-electron chi connectivity index (χ0n) is 7.84. The normalized spacial score (nSPS) is 10.6. The van der Waals surface area contributed by atoms with Crippen LogP contribution in [0, 0.1) is 0 Å². The molecule has 76 valence electrons.